The molecule has 0 radical (unpaired) electrons. The maximum Gasteiger partial charge on any atom is 0.181 e. The second-order valence-corrected chi connectivity index (χ2v) is 3.95. The van der Waals surface area contributed by atoms with Crippen LogP contribution < -0.4 is 4.74 Å². The fraction of sp³-hybridized carbons (Fsp3) is 0.182. The van der Waals surface area contributed by atoms with Crippen LogP contribution in [0.2, 0.25) is 0 Å². The van der Waals surface area contributed by atoms with Crippen molar-refractivity contribution < 1.29 is 4.74 Å². The third-order valence-electron chi connectivity index (χ3n) is 2.19. The quantitative estimate of drug-likeness (QED) is 0.836. The van der Waals surface area contributed by atoms with Gasteiger partial charge in [0.2, 0.25) is 0 Å². The van der Waals surface area contributed by atoms with Gasteiger partial charge in [-0.3, -0.25) is 4.57 Å². The Hall–Kier alpha value is -1.29. The standard InChI is InChI=1S/C11H11BrN2O/c1-8-3-4-10(15-2)9(7-8)14-6-5-13-11(14)12/h3-7H,1-2H3. The zero-order valence-corrected chi connectivity index (χ0v) is 10.2. The maximum absolute atomic E-state index is 5.31. The molecule has 0 N–H and O–H groups in total. The van der Waals surface area contributed by atoms with Gasteiger partial charge in [0.05, 0.1) is 12.8 Å². The molecule has 0 amide bonds. The van der Waals surface area contributed by atoms with E-state index in [1.165, 1.54) is 5.56 Å². The number of methoxy groups -OCH3 is 1. The summed E-state index contributed by atoms with van der Waals surface area (Å²) in [7, 11) is 1.67. The number of hydrogen-bond donors (Lipinski definition) is 0. The lowest BCUT2D eigenvalue weighted by Crippen LogP contribution is -1.97. The van der Waals surface area contributed by atoms with Gasteiger partial charge >= 0.3 is 0 Å². The maximum atomic E-state index is 5.31. The molecule has 1 aromatic carbocycles. The van der Waals surface area contributed by atoms with Crippen LogP contribution in [0.3, 0.4) is 0 Å². The minimum absolute atomic E-state index is 0.770. The molecule has 0 fully saturated rings. The lowest BCUT2D eigenvalue weighted by molar-refractivity contribution is 0.412. The number of aromatic nitrogens is 2. The van der Waals surface area contributed by atoms with E-state index in [1.54, 1.807) is 13.3 Å². The molecule has 0 unspecified atom stereocenters. The van der Waals surface area contributed by atoms with Crippen molar-refractivity contribution >= 4 is 15.9 Å². The van der Waals surface area contributed by atoms with Crippen molar-refractivity contribution in [1.29, 1.82) is 0 Å². The molecule has 78 valence electrons. The highest BCUT2D eigenvalue weighted by atomic mass is 79.9. The van der Waals surface area contributed by atoms with E-state index in [9.17, 15) is 0 Å². The molecule has 2 aromatic rings. The van der Waals surface area contributed by atoms with Crippen LogP contribution >= 0.6 is 15.9 Å². The minimum atomic E-state index is 0.770. The Morgan fingerprint density at radius 1 is 1.40 bits per heavy atom. The number of benzene rings is 1. The fourth-order valence-corrected chi connectivity index (χ4v) is 1.88. The summed E-state index contributed by atoms with van der Waals surface area (Å²) in [6.45, 7) is 2.05. The summed E-state index contributed by atoms with van der Waals surface area (Å²) in [6.07, 6.45) is 3.63. The van der Waals surface area contributed by atoms with Crippen LogP contribution in [0.15, 0.2) is 35.3 Å². The highest BCUT2D eigenvalue weighted by molar-refractivity contribution is 9.10. The Morgan fingerprint density at radius 3 is 2.80 bits per heavy atom. The fourth-order valence-electron chi connectivity index (χ4n) is 1.45. The van der Waals surface area contributed by atoms with Gasteiger partial charge in [-0.05, 0) is 40.5 Å². The third-order valence-corrected chi connectivity index (χ3v) is 2.78. The van der Waals surface area contributed by atoms with Crippen LogP contribution in [0.4, 0.5) is 0 Å². The van der Waals surface area contributed by atoms with E-state index in [-0.39, 0.29) is 0 Å². The van der Waals surface area contributed by atoms with Gasteiger partial charge in [0.15, 0.2) is 4.73 Å². The van der Waals surface area contributed by atoms with Gasteiger partial charge in [-0.1, -0.05) is 6.07 Å². The van der Waals surface area contributed by atoms with Crippen LogP contribution in [0.25, 0.3) is 5.69 Å². The Labute approximate surface area is 96.8 Å². The van der Waals surface area contributed by atoms with E-state index >= 15 is 0 Å². The Balaban J connectivity index is 2.60. The van der Waals surface area contributed by atoms with Crippen LogP contribution in [-0.2, 0) is 0 Å². The van der Waals surface area contributed by atoms with Gasteiger partial charge in [0.1, 0.15) is 5.75 Å². The molecule has 0 saturated heterocycles. The lowest BCUT2D eigenvalue weighted by atomic mass is 10.2. The van der Waals surface area contributed by atoms with Crippen LogP contribution in [-0.4, -0.2) is 16.7 Å². The molecule has 15 heavy (non-hydrogen) atoms. The van der Waals surface area contributed by atoms with Crippen molar-refractivity contribution in [3.05, 3.63) is 40.9 Å². The van der Waals surface area contributed by atoms with E-state index in [2.05, 4.69) is 27.0 Å². The molecule has 3 nitrogen and oxygen atoms in total. The molecular weight excluding hydrogens is 256 g/mol. The highest BCUT2D eigenvalue weighted by Gasteiger charge is 2.07. The number of halogens is 1. The molecule has 4 heteroatoms. The summed E-state index contributed by atoms with van der Waals surface area (Å²) in [6, 6.07) is 6.04. The molecule has 2 rings (SSSR count). The largest absolute Gasteiger partial charge is 0.495 e. The van der Waals surface area contributed by atoms with Gasteiger partial charge in [-0.25, -0.2) is 4.98 Å². The molecule has 0 aliphatic heterocycles. The number of imidazole rings is 1. The molecule has 0 aliphatic rings. The predicted molar refractivity (Wildman–Crippen MR) is 62.6 cm³/mol. The SMILES string of the molecule is COc1ccc(C)cc1-n1ccnc1Br. The first-order valence-electron chi connectivity index (χ1n) is 4.56. The number of ether oxygens (including phenoxy) is 1. The van der Waals surface area contributed by atoms with Crippen molar-refractivity contribution in [2.45, 2.75) is 6.92 Å². The summed E-state index contributed by atoms with van der Waals surface area (Å²) in [5, 5.41) is 0. The molecule has 1 heterocycles. The average Bonchev–Trinajstić information content (AvgIpc) is 2.64. The summed E-state index contributed by atoms with van der Waals surface area (Å²) >= 11 is 3.39. The Morgan fingerprint density at radius 2 is 2.20 bits per heavy atom. The smallest absolute Gasteiger partial charge is 0.181 e. The van der Waals surface area contributed by atoms with E-state index in [0.717, 1.165) is 16.2 Å². The van der Waals surface area contributed by atoms with Crippen molar-refractivity contribution in [2.75, 3.05) is 7.11 Å². The Kier molecular flexibility index (Phi) is 2.77. The first-order chi connectivity index (χ1) is 7.22. The van der Waals surface area contributed by atoms with Crippen molar-refractivity contribution in [3.63, 3.8) is 0 Å². The van der Waals surface area contributed by atoms with E-state index in [4.69, 9.17) is 4.74 Å². The van der Waals surface area contributed by atoms with Crippen LogP contribution in [0.5, 0.6) is 5.75 Å². The topological polar surface area (TPSA) is 27.1 Å². The zero-order chi connectivity index (χ0) is 10.8. The summed E-state index contributed by atoms with van der Waals surface area (Å²) in [5.41, 5.74) is 2.17. The molecular formula is C11H11BrN2O. The van der Waals surface area contributed by atoms with Gasteiger partial charge in [-0.2, -0.15) is 0 Å². The summed E-state index contributed by atoms with van der Waals surface area (Å²) in [4.78, 5) is 4.12. The first kappa shape index (κ1) is 10.2. The second kappa shape index (κ2) is 4.06. The predicted octanol–water partition coefficient (Wildman–Crippen LogP) is 2.95. The van der Waals surface area contributed by atoms with Gasteiger partial charge in [-0.15, -0.1) is 0 Å². The third kappa shape index (κ3) is 1.90. The van der Waals surface area contributed by atoms with Crippen LogP contribution in [0, 0.1) is 6.92 Å². The van der Waals surface area contributed by atoms with E-state index in [1.807, 2.05) is 29.8 Å². The number of nitrogens with zero attached hydrogens (tertiary/aromatic N) is 2. The number of aryl methyl sites for hydroxylation is 1. The molecule has 0 aliphatic carbocycles. The second-order valence-electron chi connectivity index (χ2n) is 3.24. The summed E-state index contributed by atoms with van der Waals surface area (Å²) in [5.74, 6) is 0.833. The summed E-state index contributed by atoms with van der Waals surface area (Å²) < 4.78 is 8.02. The van der Waals surface area contributed by atoms with Gasteiger partial charge < -0.3 is 4.74 Å². The van der Waals surface area contributed by atoms with Crippen molar-refractivity contribution in [3.8, 4) is 11.4 Å². The van der Waals surface area contributed by atoms with E-state index < -0.39 is 0 Å². The highest BCUT2D eigenvalue weighted by Crippen LogP contribution is 2.26. The monoisotopic (exact) mass is 266 g/mol. The molecule has 0 saturated carbocycles. The van der Waals surface area contributed by atoms with Crippen LogP contribution in [0.1, 0.15) is 5.56 Å². The minimum Gasteiger partial charge on any atom is -0.495 e. The molecule has 1 aromatic heterocycles. The van der Waals surface area contributed by atoms with Crippen molar-refractivity contribution in [1.82, 2.24) is 9.55 Å². The molecule has 0 atom stereocenters. The first-order valence-corrected chi connectivity index (χ1v) is 5.35. The normalized spacial score (nSPS) is 10.3. The van der Waals surface area contributed by atoms with Gasteiger partial charge in [0, 0.05) is 12.4 Å². The molecule has 0 spiro atoms. The number of rotatable bonds is 2. The zero-order valence-electron chi connectivity index (χ0n) is 8.57. The van der Waals surface area contributed by atoms with Gasteiger partial charge in [0.25, 0.3) is 0 Å². The molecule has 0 bridgehead atoms. The van der Waals surface area contributed by atoms with E-state index in [0.29, 0.717) is 0 Å². The average molecular weight is 267 g/mol. The van der Waals surface area contributed by atoms with Crippen molar-refractivity contribution in [2.24, 2.45) is 0 Å². The Bertz CT molecular complexity index is 479. The lowest BCUT2D eigenvalue weighted by Gasteiger charge is -2.10. The number of hydrogen-bond acceptors (Lipinski definition) is 2.